The normalized spacial score (nSPS) is 11.6. The van der Waals surface area contributed by atoms with E-state index in [9.17, 15) is 9.59 Å². The van der Waals surface area contributed by atoms with Gasteiger partial charge in [0.25, 0.3) is 5.91 Å². The van der Waals surface area contributed by atoms with Gasteiger partial charge in [0, 0.05) is 17.5 Å². The second-order valence-electron chi connectivity index (χ2n) is 4.51. The van der Waals surface area contributed by atoms with Crippen LogP contribution < -0.4 is 5.32 Å². The molecule has 2 aromatic rings. The molecule has 1 amide bonds. The van der Waals surface area contributed by atoms with E-state index in [2.05, 4.69) is 5.32 Å². The lowest BCUT2D eigenvalue weighted by Crippen LogP contribution is -2.25. The molecule has 2 aromatic carbocycles. The summed E-state index contributed by atoms with van der Waals surface area (Å²) in [7, 11) is 0. The number of esters is 1. The fourth-order valence-corrected chi connectivity index (χ4v) is 2.31. The van der Waals surface area contributed by atoms with Gasteiger partial charge < -0.3 is 10.1 Å². The molecule has 0 aliphatic carbocycles. The van der Waals surface area contributed by atoms with Gasteiger partial charge in [-0.1, -0.05) is 53.5 Å². The molecule has 1 atom stereocenters. The molecule has 0 bridgehead atoms. The van der Waals surface area contributed by atoms with E-state index >= 15 is 0 Å². The number of hydrogen-bond acceptors (Lipinski definition) is 3. The second-order valence-corrected chi connectivity index (χ2v) is 5.36. The highest BCUT2D eigenvalue weighted by Crippen LogP contribution is 2.27. The molecule has 4 nitrogen and oxygen atoms in total. The zero-order valence-corrected chi connectivity index (χ0v) is 13.2. The quantitative estimate of drug-likeness (QED) is 0.849. The van der Waals surface area contributed by atoms with Gasteiger partial charge in [-0.05, 0) is 18.2 Å². The van der Waals surface area contributed by atoms with E-state index < -0.39 is 18.0 Å². The number of nitrogens with one attached hydrogen (secondary N) is 1. The molecule has 0 heterocycles. The summed E-state index contributed by atoms with van der Waals surface area (Å²) in [5.74, 6) is -1.04. The average molecular weight is 338 g/mol. The van der Waals surface area contributed by atoms with Gasteiger partial charge in [0.2, 0.25) is 6.10 Å². The highest BCUT2D eigenvalue weighted by atomic mass is 35.5. The molecular weight excluding hydrogens is 325 g/mol. The van der Waals surface area contributed by atoms with E-state index in [1.165, 1.54) is 13.0 Å². The number of ether oxygens (including phenoxy) is 1. The minimum absolute atomic E-state index is 0.301. The van der Waals surface area contributed by atoms with Crippen molar-refractivity contribution in [2.75, 3.05) is 5.32 Å². The first kappa shape index (κ1) is 16.3. The van der Waals surface area contributed by atoms with Gasteiger partial charge >= 0.3 is 5.97 Å². The standard InChI is InChI=1S/C16H13Cl2NO3/c1-10(20)22-15(11-5-3-2-4-6-11)16(21)19-14-8-7-12(17)9-13(14)18/h2-9,15H,1H3,(H,19,21)/t15-/m0/s1. The van der Waals surface area contributed by atoms with Crippen molar-refractivity contribution in [2.45, 2.75) is 13.0 Å². The highest BCUT2D eigenvalue weighted by molar-refractivity contribution is 6.36. The van der Waals surface area contributed by atoms with Crippen molar-refractivity contribution in [1.82, 2.24) is 0 Å². The summed E-state index contributed by atoms with van der Waals surface area (Å²) in [6, 6.07) is 13.4. The Labute approximate surface area is 138 Å². The van der Waals surface area contributed by atoms with Crippen LogP contribution in [0.4, 0.5) is 5.69 Å². The third kappa shape index (κ3) is 4.23. The minimum Gasteiger partial charge on any atom is -0.447 e. The van der Waals surface area contributed by atoms with E-state index in [1.54, 1.807) is 36.4 Å². The number of hydrogen-bond donors (Lipinski definition) is 1. The van der Waals surface area contributed by atoms with Crippen molar-refractivity contribution in [1.29, 1.82) is 0 Å². The molecule has 0 aliphatic heterocycles. The predicted molar refractivity (Wildman–Crippen MR) is 86.0 cm³/mol. The Balaban J connectivity index is 2.24. The Morgan fingerprint density at radius 3 is 2.36 bits per heavy atom. The number of amides is 1. The second kappa shape index (κ2) is 7.29. The average Bonchev–Trinajstić information content (AvgIpc) is 2.48. The van der Waals surface area contributed by atoms with Crippen LogP contribution in [0.3, 0.4) is 0 Å². The molecule has 6 heteroatoms. The van der Waals surface area contributed by atoms with Gasteiger partial charge in [-0.25, -0.2) is 0 Å². The Morgan fingerprint density at radius 1 is 1.09 bits per heavy atom. The summed E-state index contributed by atoms with van der Waals surface area (Å²) >= 11 is 11.8. The smallest absolute Gasteiger partial charge is 0.303 e. The monoisotopic (exact) mass is 337 g/mol. The Hall–Kier alpha value is -2.04. The number of rotatable bonds is 4. The highest BCUT2D eigenvalue weighted by Gasteiger charge is 2.24. The molecule has 0 radical (unpaired) electrons. The third-order valence-corrected chi connectivity index (χ3v) is 3.36. The van der Waals surface area contributed by atoms with Crippen LogP contribution in [0.5, 0.6) is 0 Å². The van der Waals surface area contributed by atoms with Crippen molar-refractivity contribution in [2.24, 2.45) is 0 Å². The fourth-order valence-electron chi connectivity index (χ4n) is 1.86. The van der Waals surface area contributed by atoms with Crippen molar-refractivity contribution in [3.05, 3.63) is 64.1 Å². The molecule has 1 N–H and O–H groups in total. The first-order chi connectivity index (χ1) is 10.5. The zero-order chi connectivity index (χ0) is 16.1. The van der Waals surface area contributed by atoms with E-state index in [0.29, 0.717) is 21.3 Å². The van der Waals surface area contributed by atoms with E-state index in [4.69, 9.17) is 27.9 Å². The van der Waals surface area contributed by atoms with Crippen molar-refractivity contribution >= 4 is 40.8 Å². The number of benzene rings is 2. The van der Waals surface area contributed by atoms with E-state index in [0.717, 1.165) is 0 Å². The molecule has 22 heavy (non-hydrogen) atoms. The largest absolute Gasteiger partial charge is 0.447 e. The summed E-state index contributed by atoms with van der Waals surface area (Å²) in [6.07, 6.45) is -1.05. The topological polar surface area (TPSA) is 55.4 Å². The van der Waals surface area contributed by atoms with Crippen LogP contribution in [0.15, 0.2) is 48.5 Å². The molecule has 0 aliphatic rings. The van der Waals surface area contributed by atoms with Gasteiger partial charge in [0.1, 0.15) is 0 Å². The SMILES string of the molecule is CC(=O)O[C@H](C(=O)Nc1ccc(Cl)cc1Cl)c1ccccc1. The van der Waals surface area contributed by atoms with Crippen LogP contribution in [0, 0.1) is 0 Å². The first-order valence-electron chi connectivity index (χ1n) is 6.45. The van der Waals surface area contributed by atoms with Crippen molar-refractivity contribution < 1.29 is 14.3 Å². The summed E-state index contributed by atoms with van der Waals surface area (Å²) in [4.78, 5) is 23.7. The van der Waals surface area contributed by atoms with E-state index in [1.807, 2.05) is 6.07 Å². The minimum atomic E-state index is -1.05. The molecule has 114 valence electrons. The molecule has 0 saturated carbocycles. The lowest BCUT2D eigenvalue weighted by molar-refractivity contribution is -0.152. The van der Waals surface area contributed by atoms with Crippen molar-refractivity contribution in [3.8, 4) is 0 Å². The first-order valence-corrected chi connectivity index (χ1v) is 7.21. The van der Waals surface area contributed by atoms with Crippen LogP contribution in [0.1, 0.15) is 18.6 Å². The Morgan fingerprint density at radius 2 is 1.77 bits per heavy atom. The van der Waals surface area contributed by atoms with Gasteiger partial charge in [-0.2, -0.15) is 0 Å². The van der Waals surface area contributed by atoms with Gasteiger partial charge in [-0.3, -0.25) is 9.59 Å². The molecule has 0 aromatic heterocycles. The van der Waals surface area contributed by atoms with Crippen LogP contribution in [-0.4, -0.2) is 11.9 Å². The maximum absolute atomic E-state index is 12.4. The number of anilines is 1. The summed E-state index contributed by atoms with van der Waals surface area (Å²) in [5.41, 5.74) is 0.962. The molecule has 0 fully saturated rings. The molecular formula is C16H13Cl2NO3. The zero-order valence-electron chi connectivity index (χ0n) is 11.7. The van der Waals surface area contributed by atoms with Gasteiger partial charge in [0.05, 0.1) is 10.7 Å². The summed E-state index contributed by atoms with van der Waals surface area (Å²) in [6.45, 7) is 1.25. The number of carbonyl (C=O) groups is 2. The van der Waals surface area contributed by atoms with Crippen LogP contribution >= 0.6 is 23.2 Å². The number of halogens is 2. The Kier molecular flexibility index (Phi) is 5.41. The van der Waals surface area contributed by atoms with Gasteiger partial charge in [-0.15, -0.1) is 0 Å². The molecule has 0 unspecified atom stereocenters. The summed E-state index contributed by atoms with van der Waals surface area (Å²) < 4.78 is 5.11. The van der Waals surface area contributed by atoms with Crippen LogP contribution in [-0.2, 0) is 14.3 Å². The molecule has 0 spiro atoms. The molecule has 2 rings (SSSR count). The van der Waals surface area contributed by atoms with Crippen LogP contribution in [0.2, 0.25) is 10.0 Å². The fraction of sp³-hybridized carbons (Fsp3) is 0.125. The van der Waals surface area contributed by atoms with Crippen LogP contribution in [0.25, 0.3) is 0 Å². The van der Waals surface area contributed by atoms with Gasteiger partial charge in [0.15, 0.2) is 0 Å². The Bertz CT molecular complexity index is 689. The number of carbonyl (C=O) groups excluding carboxylic acids is 2. The lowest BCUT2D eigenvalue weighted by Gasteiger charge is -2.17. The maximum atomic E-state index is 12.4. The predicted octanol–water partition coefficient (Wildman–Crippen LogP) is 4.24. The third-order valence-electron chi connectivity index (χ3n) is 2.81. The molecule has 0 saturated heterocycles. The summed E-state index contributed by atoms with van der Waals surface area (Å²) in [5, 5.41) is 3.40. The lowest BCUT2D eigenvalue weighted by atomic mass is 10.1. The van der Waals surface area contributed by atoms with Crippen molar-refractivity contribution in [3.63, 3.8) is 0 Å². The maximum Gasteiger partial charge on any atom is 0.303 e. The van der Waals surface area contributed by atoms with E-state index in [-0.39, 0.29) is 0 Å².